The van der Waals surface area contributed by atoms with Gasteiger partial charge in [0.1, 0.15) is 11.6 Å². The molecule has 84 valence electrons. The van der Waals surface area contributed by atoms with E-state index < -0.39 is 17.7 Å². The first-order chi connectivity index (χ1) is 6.91. The molecule has 2 N–H and O–H groups in total. The summed E-state index contributed by atoms with van der Waals surface area (Å²) in [6.07, 6.45) is 0.652. The number of hydrogen-bond acceptors (Lipinski definition) is 1. The molecule has 0 heterocycles. The molecule has 0 saturated heterocycles. The van der Waals surface area contributed by atoms with Gasteiger partial charge in [0, 0.05) is 11.6 Å². The molecule has 15 heavy (non-hydrogen) atoms. The molecule has 0 radical (unpaired) electrons. The van der Waals surface area contributed by atoms with Crippen molar-refractivity contribution < 1.29 is 8.78 Å². The number of halogens is 2. The van der Waals surface area contributed by atoms with Crippen LogP contribution in [0.4, 0.5) is 8.78 Å². The largest absolute Gasteiger partial charge is 0.324 e. The average Bonchev–Trinajstić information content (AvgIpc) is 2.09. The van der Waals surface area contributed by atoms with Gasteiger partial charge >= 0.3 is 0 Å². The van der Waals surface area contributed by atoms with Crippen molar-refractivity contribution in [1.29, 1.82) is 0 Å². The van der Waals surface area contributed by atoms with Crippen molar-refractivity contribution in [3.05, 3.63) is 34.9 Å². The van der Waals surface area contributed by atoms with E-state index in [1.54, 1.807) is 0 Å². The van der Waals surface area contributed by atoms with Crippen LogP contribution in [0.2, 0.25) is 0 Å². The molecule has 0 aliphatic carbocycles. The zero-order valence-electron chi connectivity index (χ0n) is 9.35. The summed E-state index contributed by atoms with van der Waals surface area (Å²) >= 11 is 0. The Morgan fingerprint density at radius 2 is 1.80 bits per heavy atom. The van der Waals surface area contributed by atoms with Crippen LogP contribution in [-0.4, -0.2) is 0 Å². The second-order valence-electron chi connectivity index (χ2n) is 4.36. The van der Waals surface area contributed by atoms with Crippen molar-refractivity contribution in [1.82, 2.24) is 0 Å². The highest BCUT2D eigenvalue weighted by atomic mass is 19.1. The molecule has 1 unspecified atom stereocenters. The third-order valence-corrected chi connectivity index (χ3v) is 2.40. The van der Waals surface area contributed by atoms with E-state index in [4.69, 9.17) is 5.73 Å². The molecule has 0 bridgehead atoms. The van der Waals surface area contributed by atoms with Crippen LogP contribution in [0.3, 0.4) is 0 Å². The number of nitrogens with two attached hydrogens (primary N) is 1. The minimum atomic E-state index is -0.430. The van der Waals surface area contributed by atoms with E-state index in [-0.39, 0.29) is 5.56 Å². The Kier molecular flexibility index (Phi) is 3.80. The molecule has 0 aliphatic heterocycles. The third kappa shape index (κ3) is 2.99. The first-order valence-electron chi connectivity index (χ1n) is 5.13. The van der Waals surface area contributed by atoms with E-state index >= 15 is 0 Å². The van der Waals surface area contributed by atoms with Gasteiger partial charge in [-0.15, -0.1) is 0 Å². The van der Waals surface area contributed by atoms with Crippen LogP contribution in [0.1, 0.15) is 37.4 Å². The topological polar surface area (TPSA) is 26.0 Å². The standard InChI is InChI=1S/C12H17F2N/c1-7(2)4-12(15)9-6-10(13)8(3)5-11(9)14/h5-7,12H,4,15H2,1-3H3. The average molecular weight is 213 g/mol. The van der Waals surface area contributed by atoms with Crippen LogP contribution >= 0.6 is 0 Å². The fourth-order valence-corrected chi connectivity index (χ4v) is 1.58. The van der Waals surface area contributed by atoms with E-state index in [0.29, 0.717) is 17.9 Å². The van der Waals surface area contributed by atoms with E-state index in [2.05, 4.69) is 0 Å². The molecule has 0 fully saturated rings. The smallest absolute Gasteiger partial charge is 0.128 e. The number of hydrogen-bond donors (Lipinski definition) is 1. The fraction of sp³-hybridized carbons (Fsp3) is 0.500. The van der Waals surface area contributed by atoms with Crippen molar-refractivity contribution >= 4 is 0 Å². The van der Waals surface area contributed by atoms with Crippen LogP contribution in [0.5, 0.6) is 0 Å². The van der Waals surface area contributed by atoms with Crippen molar-refractivity contribution in [3.63, 3.8) is 0 Å². The monoisotopic (exact) mass is 213 g/mol. The Morgan fingerprint density at radius 3 is 2.33 bits per heavy atom. The highest BCUT2D eigenvalue weighted by Crippen LogP contribution is 2.23. The van der Waals surface area contributed by atoms with Gasteiger partial charge in [-0.2, -0.15) is 0 Å². The zero-order chi connectivity index (χ0) is 11.6. The lowest BCUT2D eigenvalue weighted by molar-refractivity contribution is 0.483. The zero-order valence-corrected chi connectivity index (χ0v) is 9.35. The first-order valence-corrected chi connectivity index (χ1v) is 5.13. The molecule has 3 heteroatoms. The van der Waals surface area contributed by atoms with Crippen LogP contribution in [0.25, 0.3) is 0 Å². The Labute approximate surface area is 89.3 Å². The van der Waals surface area contributed by atoms with E-state index in [1.807, 2.05) is 13.8 Å². The quantitative estimate of drug-likeness (QED) is 0.819. The predicted molar refractivity (Wildman–Crippen MR) is 57.5 cm³/mol. The van der Waals surface area contributed by atoms with Gasteiger partial charge in [-0.3, -0.25) is 0 Å². The van der Waals surface area contributed by atoms with Gasteiger partial charge in [0.2, 0.25) is 0 Å². The van der Waals surface area contributed by atoms with Gasteiger partial charge in [0.15, 0.2) is 0 Å². The molecular weight excluding hydrogens is 196 g/mol. The van der Waals surface area contributed by atoms with Gasteiger partial charge in [0.25, 0.3) is 0 Å². The maximum absolute atomic E-state index is 13.5. The van der Waals surface area contributed by atoms with E-state index in [1.165, 1.54) is 19.1 Å². The molecule has 1 rings (SSSR count). The summed E-state index contributed by atoms with van der Waals surface area (Å²) in [4.78, 5) is 0. The normalized spacial score (nSPS) is 13.3. The summed E-state index contributed by atoms with van der Waals surface area (Å²) in [6.45, 7) is 5.54. The highest BCUT2D eigenvalue weighted by molar-refractivity contribution is 5.27. The second kappa shape index (κ2) is 4.71. The SMILES string of the molecule is Cc1cc(F)c(C(N)CC(C)C)cc1F. The van der Waals surface area contributed by atoms with E-state index in [0.717, 1.165) is 0 Å². The minimum absolute atomic E-state index is 0.270. The van der Waals surface area contributed by atoms with Crippen molar-refractivity contribution in [2.75, 3.05) is 0 Å². The lowest BCUT2D eigenvalue weighted by Crippen LogP contribution is -2.15. The Hall–Kier alpha value is -0.960. The van der Waals surface area contributed by atoms with Crippen LogP contribution < -0.4 is 5.73 Å². The minimum Gasteiger partial charge on any atom is -0.324 e. The lowest BCUT2D eigenvalue weighted by atomic mass is 9.96. The van der Waals surface area contributed by atoms with Crippen molar-refractivity contribution in [2.24, 2.45) is 11.7 Å². The van der Waals surface area contributed by atoms with Gasteiger partial charge in [-0.25, -0.2) is 8.78 Å². The summed E-state index contributed by atoms with van der Waals surface area (Å²) in [5.74, 6) is -0.448. The Bertz CT molecular complexity index is 348. The second-order valence-corrected chi connectivity index (χ2v) is 4.36. The molecule has 0 amide bonds. The van der Waals surface area contributed by atoms with Gasteiger partial charge < -0.3 is 5.73 Å². The first kappa shape index (κ1) is 12.1. The summed E-state index contributed by atoms with van der Waals surface area (Å²) in [5.41, 5.74) is 6.39. The molecule has 0 aromatic heterocycles. The maximum atomic E-state index is 13.5. The van der Waals surface area contributed by atoms with Crippen LogP contribution in [-0.2, 0) is 0 Å². The number of benzene rings is 1. The molecule has 0 spiro atoms. The fourth-order valence-electron chi connectivity index (χ4n) is 1.58. The third-order valence-electron chi connectivity index (χ3n) is 2.40. The maximum Gasteiger partial charge on any atom is 0.128 e. The highest BCUT2D eigenvalue weighted by Gasteiger charge is 2.15. The van der Waals surface area contributed by atoms with Crippen LogP contribution in [0, 0.1) is 24.5 Å². The van der Waals surface area contributed by atoms with Gasteiger partial charge in [-0.1, -0.05) is 13.8 Å². The molecule has 1 nitrogen and oxygen atoms in total. The van der Waals surface area contributed by atoms with Gasteiger partial charge in [-0.05, 0) is 37.0 Å². The number of aryl methyl sites for hydroxylation is 1. The Morgan fingerprint density at radius 1 is 1.20 bits per heavy atom. The van der Waals surface area contributed by atoms with E-state index in [9.17, 15) is 8.78 Å². The Balaban J connectivity index is 2.98. The van der Waals surface area contributed by atoms with Crippen molar-refractivity contribution in [2.45, 2.75) is 33.2 Å². The summed E-state index contributed by atoms with van der Waals surface area (Å²) in [7, 11) is 0. The molecule has 0 aliphatic rings. The molecule has 0 saturated carbocycles. The molecule has 1 aromatic rings. The lowest BCUT2D eigenvalue weighted by Gasteiger charge is -2.15. The predicted octanol–water partition coefficient (Wildman–Crippen LogP) is 3.32. The molecule has 1 atom stereocenters. The molecular formula is C12H17F2N. The van der Waals surface area contributed by atoms with Crippen molar-refractivity contribution in [3.8, 4) is 0 Å². The summed E-state index contributed by atoms with van der Waals surface area (Å²) in [5, 5.41) is 0. The molecule has 1 aromatic carbocycles. The number of rotatable bonds is 3. The van der Waals surface area contributed by atoms with Gasteiger partial charge in [0.05, 0.1) is 0 Å². The van der Waals surface area contributed by atoms with Crippen LogP contribution in [0.15, 0.2) is 12.1 Å². The summed E-state index contributed by atoms with van der Waals surface area (Å²) in [6, 6.07) is 1.97. The summed E-state index contributed by atoms with van der Waals surface area (Å²) < 4.78 is 26.7.